The van der Waals surface area contributed by atoms with Crippen molar-refractivity contribution in [3.63, 3.8) is 0 Å². The van der Waals surface area contributed by atoms with Crippen LogP contribution in [0, 0.1) is 5.41 Å². The number of nitrogens with zero attached hydrogens (tertiary/aromatic N) is 1. The van der Waals surface area contributed by atoms with Crippen LogP contribution >= 0.6 is 0 Å². The molecule has 2 aliphatic heterocycles. The number of hydrogen-bond donors (Lipinski definition) is 1. The van der Waals surface area contributed by atoms with Crippen molar-refractivity contribution in [1.29, 1.82) is 0 Å². The van der Waals surface area contributed by atoms with Crippen LogP contribution in [-0.2, 0) is 20.8 Å². The zero-order chi connectivity index (χ0) is 22.4. The van der Waals surface area contributed by atoms with Crippen molar-refractivity contribution in [2.45, 2.75) is 55.5 Å². The summed E-state index contributed by atoms with van der Waals surface area (Å²) < 4.78 is 70.4. The van der Waals surface area contributed by atoms with Gasteiger partial charge in [0.15, 0.2) is 9.84 Å². The zero-order valence-electron chi connectivity index (χ0n) is 17.2. The average Bonchev–Trinajstić information content (AvgIpc) is 3.18. The van der Waals surface area contributed by atoms with Crippen LogP contribution in [0.5, 0.6) is 0 Å². The van der Waals surface area contributed by atoms with Crippen molar-refractivity contribution in [3.05, 3.63) is 41.5 Å². The van der Waals surface area contributed by atoms with Gasteiger partial charge in [-0.05, 0) is 49.6 Å². The summed E-state index contributed by atoms with van der Waals surface area (Å²) in [7, 11) is -4.04. The van der Waals surface area contributed by atoms with E-state index < -0.39 is 37.8 Å². The van der Waals surface area contributed by atoms with Crippen molar-refractivity contribution in [2.24, 2.45) is 10.4 Å². The van der Waals surface area contributed by atoms with Crippen molar-refractivity contribution in [2.75, 3.05) is 19.8 Å². The molecule has 1 N–H and O–H groups in total. The highest BCUT2D eigenvalue weighted by molar-refractivity contribution is 7.92. The fourth-order valence-electron chi connectivity index (χ4n) is 3.71. The third-order valence-corrected chi connectivity index (χ3v) is 8.49. The quantitative estimate of drug-likeness (QED) is 0.748. The number of ether oxygens (including phenoxy) is 1. The number of rotatable bonds is 5. The SMILES string of the molecule is CC(C)(CO)C1=NCC(C2CC(C)(S(=O)(=O)c3cccc(C(F)(F)F)c3)CCO2)=C1. The highest BCUT2D eigenvalue weighted by Gasteiger charge is 2.46. The summed E-state index contributed by atoms with van der Waals surface area (Å²) >= 11 is 0. The first-order valence-corrected chi connectivity index (χ1v) is 11.2. The molecule has 1 aromatic rings. The predicted molar refractivity (Wildman–Crippen MR) is 107 cm³/mol. The van der Waals surface area contributed by atoms with Gasteiger partial charge in [-0.15, -0.1) is 0 Å². The number of aliphatic hydroxyl groups is 1. The normalized spacial score (nSPS) is 25.8. The van der Waals surface area contributed by atoms with E-state index >= 15 is 0 Å². The molecule has 0 aliphatic carbocycles. The molecule has 2 atom stereocenters. The van der Waals surface area contributed by atoms with Crippen LogP contribution in [0.15, 0.2) is 45.8 Å². The molecule has 5 nitrogen and oxygen atoms in total. The summed E-state index contributed by atoms with van der Waals surface area (Å²) in [5, 5.41) is 9.55. The van der Waals surface area contributed by atoms with Crippen LogP contribution in [0.2, 0.25) is 0 Å². The topological polar surface area (TPSA) is 76.0 Å². The Hall–Kier alpha value is -1.71. The maximum atomic E-state index is 13.3. The fourth-order valence-corrected chi connectivity index (χ4v) is 5.54. The van der Waals surface area contributed by atoms with Gasteiger partial charge >= 0.3 is 6.18 Å². The molecule has 1 fully saturated rings. The van der Waals surface area contributed by atoms with Gasteiger partial charge in [0, 0.05) is 17.7 Å². The fraction of sp³-hybridized carbons (Fsp3) is 0.571. The molecule has 1 aromatic carbocycles. The number of sulfone groups is 1. The lowest BCUT2D eigenvalue weighted by molar-refractivity contribution is -0.137. The maximum absolute atomic E-state index is 13.3. The first-order valence-electron chi connectivity index (χ1n) is 9.70. The monoisotopic (exact) mass is 445 g/mol. The van der Waals surface area contributed by atoms with Gasteiger partial charge in [-0.1, -0.05) is 19.9 Å². The Kier molecular flexibility index (Phi) is 5.94. The maximum Gasteiger partial charge on any atom is 0.416 e. The number of hydrogen-bond acceptors (Lipinski definition) is 5. The molecule has 0 amide bonds. The lowest BCUT2D eigenvalue weighted by atomic mass is 9.87. The van der Waals surface area contributed by atoms with Crippen LogP contribution in [0.4, 0.5) is 13.2 Å². The smallest absolute Gasteiger partial charge is 0.395 e. The number of alkyl halides is 3. The summed E-state index contributed by atoms with van der Waals surface area (Å²) in [4.78, 5) is 4.12. The highest BCUT2D eigenvalue weighted by atomic mass is 32.2. The summed E-state index contributed by atoms with van der Waals surface area (Å²) in [6.07, 6.45) is -2.97. The van der Waals surface area contributed by atoms with E-state index in [-0.39, 0.29) is 31.0 Å². The molecule has 30 heavy (non-hydrogen) atoms. The number of allylic oxidation sites excluding steroid dienone is 1. The largest absolute Gasteiger partial charge is 0.416 e. The molecule has 0 aromatic heterocycles. The second kappa shape index (κ2) is 7.76. The average molecular weight is 446 g/mol. The summed E-state index contributed by atoms with van der Waals surface area (Å²) in [5.41, 5.74) is 0.0240. The van der Waals surface area contributed by atoms with Gasteiger partial charge in [0.05, 0.1) is 34.5 Å². The van der Waals surface area contributed by atoms with Gasteiger partial charge in [0.1, 0.15) is 0 Å². The van der Waals surface area contributed by atoms with Gasteiger partial charge in [0.25, 0.3) is 0 Å². The standard InChI is InChI=1S/C21H26F3NO4S/c1-19(2,13-26)18-9-14(12-25-18)17-11-20(3,7-8-29-17)30(27,28)16-6-4-5-15(10-16)21(22,23)24/h4-6,9-10,17,26H,7-8,11-13H2,1-3H3. The van der Waals surface area contributed by atoms with Gasteiger partial charge in [-0.3, -0.25) is 4.99 Å². The molecule has 0 saturated carbocycles. The number of halogens is 3. The lowest BCUT2D eigenvalue weighted by Crippen LogP contribution is -2.45. The molecular weight excluding hydrogens is 419 g/mol. The van der Waals surface area contributed by atoms with Crippen molar-refractivity contribution in [1.82, 2.24) is 0 Å². The Morgan fingerprint density at radius 3 is 2.63 bits per heavy atom. The first-order chi connectivity index (χ1) is 13.8. The summed E-state index contributed by atoms with van der Waals surface area (Å²) in [5.74, 6) is 0. The van der Waals surface area contributed by atoms with E-state index in [1.54, 1.807) is 6.92 Å². The molecular formula is C21H26F3NO4S. The van der Waals surface area contributed by atoms with Crippen molar-refractivity contribution >= 4 is 15.5 Å². The van der Waals surface area contributed by atoms with Gasteiger partial charge in [0.2, 0.25) is 0 Å². The molecule has 0 bridgehead atoms. The van der Waals surface area contributed by atoms with E-state index in [2.05, 4.69) is 4.99 Å². The van der Waals surface area contributed by atoms with Crippen LogP contribution < -0.4 is 0 Å². The van der Waals surface area contributed by atoms with E-state index in [0.717, 1.165) is 23.4 Å². The van der Waals surface area contributed by atoms with Gasteiger partial charge in [-0.25, -0.2) is 8.42 Å². The Morgan fingerprint density at radius 2 is 2.00 bits per heavy atom. The molecule has 0 radical (unpaired) electrons. The Balaban J connectivity index is 1.88. The first kappa shape index (κ1) is 23.0. The molecule has 2 heterocycles. The number of aliphatic imine (C=N–C) groups is 1. The third kappa shape index (κ3) is 4.20. The second-order valence-corrected chi connectivity index (χ2v) is 11.2. The van der Waals surface area contributed by atoms with E-state index in [9.17, 15) is 26.7 Å². The molecule has 0 spiro atoms. The summed E-state index contributed by atoms with van der Waals surface area (Å²) in [6.45, 7) is 5.72. The molecule has 9 heteroatoms. The zero-order valence-corrected chi connectivity index (χ0v) is 18.0. The molecule has 3 rings (SSSR count). The van der Waals surface area contributed by atoms with Crippen LogP contribution in [0.3, 0.4) is 0 Å². The third-order valence-electron chi connectivity index (χ3n) is 5.94. The Bertz CT molecular complexity index is 982. The minimum absolute atomic E-state index is 0.0806. The molecule has 1 saturated heterocycles. The van der Waals surface area contributed by atoms with Crippen LogP contribution in [-0.4, -0.2) is 49.8 Å². The minimum atomic E-state index is -4.62. The lowest BCUT2D eigenvalue weighted by Gasteiger charge is -2.38. The number of benzene rings is 1. The Morgan fingerprint density at radius 1 is 1.30 bits per heavy atom. The van der Waals surface area contributed by atoms with Gasteiger partial charge in [-0.2, -0.15) is 13.2 Å². The highest BCUT2D eigenvalue weighted by Crippen LogP contribution is 2.40. The van der Waals surface area contributed by atoms with E-state index in [4.69, 9.17) is 4.74 Å². The number of aliphatic hydroxyl groups excluding tert-OH is 1. The predicted octanol–water partition coefficient (Wildman–Crippen LogP) is 3.82. The second-order valence-electron chi connectivity index (χ2n) is 8.76. The molecule has 2 aliphatic rings. The van der Waals surface area contributed by atoms with Gasteiger partial charge < -0.3 is 9.84 Å². The van der Waals surface area contributed by atoms with E-state index in [1.165, 1.54) is 6.07 Å². The minimum Gasteiger partial charge on any atom is -0.395 e. The van der Waals surface area contributed by atoms with Crippen LogP contribution in [0.1, 0.15) is 39.2 Å². The van der Waals surface area contributed by atoms with Crippen molar-refractivity contribution < 1.29 is 31.4 Å². The molecule has 2 unspecified atom stereocenters. The molecule has 166 valence electrons. The van der Waals surface area contributed by atoms with E-state index in [1.807, 2.05) is 19.9 Å². The summed E-state index contributed by atoms with van der Waals surface area (Å²) in [6, 6.07) is 3.89. The Labute approximate surface area is 174 Å². The van der Waals surface area contributed by atoms with Crippen molar-refractivity contribution in [3.8, 4) is 0 Å². The van der Waals surface area contributed by atoms with Crippen LogP contribution in [0.25, 0.3) is 0 Å². The van der Waals surface area contributed by atoms with E-state index in [0.29, 0.717) is 12.6 Å².